The minimum absolute atomic E-state index is 0.0208. The molecule has 10 heteroatoms. The summed E-state index contributed by atoms with van der Waals surface area (Å²) in [5.74, 6) is -0.453. The fourth-order valence-corrected chi connectivity index (χ4v) is 2.89. The van der Waals surface area contributed by atoms with Crippen LogP contribution in [0.4, 0.5) is 4.79 Å². The van der Waals surface area contributed by atoms with Gasteiger partial charge in [0.25, 0.3) is 0 Å². The molecule has 0 saturated heterocycles. The van der Waals surface area contributed by atoms with Gasteiger partial charge in [-0.15, -0.1) is 0 Å². The fourth-order valence-electron chi connectivity index (χ4n) is 2.72. The molecule has 26 heavy (non-hydrogen) atoms. The van der Waals surface area contributed by atoms with Gasteiger partial charge in [0.05, 0.1) is 31.7 Å². The van der Waals surface area contributed by atoms with Crippen molar-refractivity contribution in [2.75, 3.05) is 27.6 Å². The monoisotopic (exact) mass is 431 g/mol. The highest BCUT2D eigenvalue weighted by Crippen LogP contribution is 2.29. The number of ether oxygens (including phenoxy) is 4. The first kappa shape index (κ1) is 23.3. The van der Waals surface area contributed by atoms with Crippen molar-refractivity contribution in [3.8, 4) is 0 Å². The number of hydrogen-bond donors (Lipinski definition) is 0. The van der Waals surface area contributed by atoms with E-state index < -0.39 is 28.5 Å². The smallest absolute Gasteiger partial charge is 0.410 e. The maximum Gasteiger partial charge on any atom is 0.410 e. The molecule has 1 aliphatic rings. The first-order valence-electron chi connectivity index (χ1n) is 8.09. The highest BCUT2D eigenvalue weighted by molar-refractivity contribution is 6.67. The number of alkyl halides is 3. The zero-order valence-corrected chi connectivity index (χ0v) is 17.2. The largest absolute Gasteiger partial charge is 0.469 e. The number of methoxy groups -OCH3 is 2. The Morgan fingerprint density at radius 3 is 2.54 bits per heavy atom. The van der Waals surface area contributed by atoms with Crippen LogP contribution in [0.25, 0.3) is 0 Å². The number of hydrogen-bond acceptors (Lipinski definition) is 6. The van der Waals surface area contributed by atoms with Crippen LogP contribution in [0.1, 0.15) is 26.2 Å². The number of nitrogens with zero attached hydrogens (tertiary/aromatic N) is 1. The van der Waals surface area contributed by atoms with Crippen LogP contribution in [0.3, 0.4) is 0 Å². The van der Waals surface area contributed by atoms with Crippen LogP contribution in [0.2, 0.25) is 0 Å². The standard InChI is InChI=1S/C16H24Cl3NO6/c1-4-13(26-10-23-2)12-7-5-6-11(8-14(21)24-3)20(12)15(22)25-9-16(17,18)19/h5-6,11-13H,4,7-10H2,1-3H3/t11-,12+,13+/m1/s1. The molecule has 7 nitrogen and oxygen atoms in total. The van der Waals surface area contributed by atoms with E-state index in [2.05, 4.69) is 0 Å². The van der Waals surface area contributed by atoms with Crippen molar-refractivity contribution in [2.24, 2.45) is 0 Å². The Balaban J connectivity index is 3.02. The van der Waals surface area contributed by atoms with Crippen LogP contribution < -0.4 is 0 Å². The molecule has 0 fully saturated rings. The van der Waals surface area contributed by atoms with Crippen molar-refractivity contribution in [1.82, 2.24) is 4.90 Å². The Morgan fingerprint density at radius 1 is 1.31 bits per heavy atom. The second-order valence-electron chi connectivity index (χ2n) is 5.68. The number of amides is 1. The molecule has 0 spiro atoms. The molecule has 3 atom stereocenters. The fraction of sp³-hybridized carbons (Fsp3) is 0.750. The lowest BCUT2D eigenvalue weighted by Crippen LogP contribution is -2.54. The van der Waals surface area contributed by atoms with Gasteiger partial charge in [0, 0.05) is 7.11 Å². The van der Waals surface area contributed by atoms with Crippen molar-refractivity contribution in [3.63, 3.8) is 0 Å². The molecule has 0 saturated carbocycles. The van der Waals surface area contributed by atoms with Gasteiger partial charge < -0.3 is 18.9 Å². The van der Waals surface area contributed by atoms with E-state index in [1.165, 1.54) is 19.1 Å². The zero-order chi connectivity index (χ0) is 19.7. The summed E-state index contributed by atoms with van der Waals surface area (Å²) in [5.41, 5.74) is 0. The van der Waals surface area contributed by atoms with Gasteiger partial charge in [-0.25, -0.2) is 4.79 Å². The molecule has 0 aromatic heterocycles. The average molecular weight is 433 g/mol. The van der Waals surface area contributed by atoms with Gasteiger partial charge >= 0.3 is 12.1 Å². The van der Waals surface area contributed by atoms with E-state index in [0.29, 0.717) is 12.8 Å². The Hall–Kier alpha value is -0.730. The molecule has 150 valence electrons. The van der Waals surface area contributed by atoms with Crippen LogP contribution in [0.5, 0.6) is 0 Å². The Morgan fingerprint density at radius 2 is 2.00 bits per heavy atom. The summed E-state index contributed by atoms with van der Waals surface area (Å²) in [7, 11) is 2.80. The summed E-state index contributed by atoms with van der Waals surface area (Å²) >= 11 is 17.0. The molecule has 0 aromatic carbocycles. The predicted octanol–water partition coefficient (Wildman–Crippen LogP) is 3.45. The number of carbonyl (C=O) groups is 2. The minimum Gasteiger partial charge on any atom is -0.469 e. The maximum absolute atomic E-state index is 12.7. The van der Waals surface area contributed by atoms with E-state index in [4.69, 9.17) is 53.8 Å². The van der Waals surface area contributed by atoms with E-state index in [1.54, 1.807) is 6.08 Å². The molecule has 1 aliphatic heterocycles. The highest BCUT2D eigenvalue weighted by atomic mass is 35.6. The summed E-state index contributed by atoms with van der Waals surface area (Å²) in [6, 6.07) is -0.915. The third-order valence-corrected chi connectivity index (χ3v) is 4.18. The summed E-state index contributed by atoms with van der Waals surface area (Å²) in [4.78, 5) is 25.9. The van der Waals surface area contributed by atoms with E-state index in [0.717, 1.165) is 0 Å². The normalized spacial score (nSPS) is 21.4. The quantitative estimate of drug-likeness (QED) is 0.253. The molecular weight excluding hydrogens is 409 g/mol. The van der Waals surface area contributed by atoms with Gasteiger partial charge in [0.1, 0.15) is 13.4 Å². The van der Waals surface area contributed by atoms with Crippen LogP contribution in [0, 0.1) is 0 Å². The van der Waals surface area contributed by atoms with Crippen LogP contribution in [-0.4, -0.2) is 66.6 Å². The van der Waals surface area contributed by atoms with Crippen LogP contribution in [0.15, 0.2) is 12.2 Å². The van der Waals surface area contributed by atoms with Crippen LogP contribution >= 0.6 is 34.8 Å². The Labute approximate surface area is 168 Å². The molecule has 0 radical (unpaired) electrons. The lowest BCUT2D eigenvalue weighted by Gasteiger charge is -2.41. The molecule has 1 heterocycles. The van der Waals surface area contributed by atoms with Gasteiger partial charge in [0.15, 0.2) is 0 Å². The van der Waals surface area contributed by atoms with Crippen molar-refractivity contribution in [3.05, 3.63) is 12.2 Å². The first-order chi connectivity index (χ1) is 12.2. The third-order valence-electron chi connectivity index (χ3n) is 3.86. The van der Waals surface area contributed by atoms with Gasteiger partial charge in [-0.05, 0) is 12.8 Å². The van der Waals surface area contributed by atoms with Crippen molar-refractivity contribution < 1.29 is 28.5 Å². The molecule has 0 aliphatic carbocycles. The van der Waals surface area contributed by atoms with Gasteiger partial charge in [-0.3, -0.25) is 9.69 Å². The average Bonchev–Trinajstić information content (AvgIpc) is 2.59. The van der Waals surface area contributed by atoms with Crippen molar-refractivity contribution in [2.45, 2.75) is 48.2 Å². The Kier molecular flexibility index (Phi) is 10.0. The molecule has 0 bridgehead atoms. The molecule has 0 N–H and O–H groups in total. The SMILES string of the molecule is CC[C@H](OCOC)[C@@H]1CC=C[C@H](CC(=O)OC)N1C(=O)OCC(Cl)(Cl)Cl. The second kappa shape index (κ2) is 11.2. The lowest BCUT2D eigenvalue weighted by molar-refractivity contribution is -0.142. The highest BCUT2D eigenvalue weighted by Gasteiger charge is 2.39. The molecule has 0 aromatic rings. The van der Waals surface area contributed by atoms with E-state index in [9.17, 15) is 9.59 Å². The first-order valence-corrected chi connectivity index (χ1v) is 9.22. The predicted molar refractivity (Wildman–Crippen MR) is 98.5 cm³/mol. The van der Waals surface area contributed by atoms with Gasteiger partial charge in [-0.1, -0.05) is 53.9 Å². The number of carbonyl (C=O) groups excluding carboxylic acids is 2. The van der Waals surface area contributed by atoms with E-state index >= 15 is 0 Å². The molecular formula is C16H24Cl3NO6. The minimum atomic E-state index is -1.73. The van der Waals surface area contributed by atoms with Gasteiger partial charge in [-0.2, -0.15) is 0 Å². The second-order valence-corrected chi connectivity index (χ2v) is 8.19. The zero-order valence-electron chi connectivity index (χ0n) is 15.0. The maximum atomic E-state index is 12.7. The van der Waals surface area contributed by atoms with E-state index in [-0.39, 0.29) is 25.4 Å². The molecule has 1 rings (SSSR count). The topological polar surface area (TPSA) is 74.3 Å². The number of halogens is 3. The van der Waals surface area contributed by atoms with E-state index in [1.807, 2.05) is 13.0 Å². The summed E-state index contributed by atoms with van der Waals surface area (Å²) < 4.78 is 18.8. The third kappa shape index (κ3) is 7.48. The summed E-state index contributed by atoms with van der Waals surface area (Å²) in [6.07, 6.45) is 3.78. The van der Waals surface area contributed by atoms with Crippen molar-refractivity contribution >= 4 is 46.9 Å². The molecule has 0 unspecified atom stereocenters. The summed E-state index contributed by atoms with van der Waals surface area (Å²) in [5, 5.41) is 0. The lowest BCUT2D eigenvalue weighted by atomic mass is 9.95. The number of esters is 1. The van der Waals surface area contributed by atoms with Crippen LogP contribution in [-0.2, 0) is 23.7 Å². The van der Waals surface area contributed by atoms with Crippen molar-refractivity contribution in [1.29, 1.82) is 0 Å². The van der Waals surface area contributed by atoms with Gasteiger partial charge in [0.2, 0.25) is 3.79 Å². The molecule has 1 amide bonds. The Bertz CT molecular complexity index is 497. The number of rotatable bonds is 8. The summed E-state index contributed by atoms with van der Waals surface area (Å²) in [6.45, 7) is 1.60.